The first-order chi connectivity index (χ1) is 5.79. The summed E-state index contributed by atoms with van der Waals surface area (Å²) in [6.45, 7) is 0. The number of benzene rings is 1. The van der Waals surface area contributed by atoms with E-state index in [1.807, 2.05) is 6.07 Å². The van der Waals surface area contributed by atoms with Crippen LogP contribution in [0.5, 0.6) is 5.75 Å². The second-order valence-electron chi connectivity index (χ2n) is 2.27. The Morgan fingerprint density at radius 1 is 1.50 bits per heavy atom. The summed E-state index contributed by atoms with van der Waals surface area (Å²) in [5, 5.41) is 0. The van der Waals surface area contributed by atoms with Gasteiger partial charge in [0.15, 0.2) is 5.58 Å². The van der Waals surface area contributed by atoms with Crippen LogP contribution in [0, 0.1) is 0 Å². The van der Waals surface area contributed by atoms with Crippen LogP contribution in [0.4, 0.5) is 0 Å². The summed E-state index contributed by atoms with van der Waals surface area (Å²) in [6, 6.07) is 5.31. The molecular formula is C8H6O3S. The van der Waals surface area contributed by atoms with Gasteiger partial charge in [0.25, 0.3) is 0 Å². The normalized spacial score (nSPS) is 10.4. The summed E-state index contributed by atoms with van der Waals surface area (Å²) in [5.74, 6) is 0.698. The van der Waals surface area contributed by atoms with Crippen LogP contribution in [0.3, 0.4) is 0 Å². The number of methoxy groups -OCH3 is 1. The highest BCUT2D eigenvalue weighted by atomic mass is 32.1. The van der Waals surface area contributed by atoms with Crippen LogP contribution in [0.2, 0.25) is 0 Å². The third-order valence-corrected chi connectivity index (χ3v) is 2.34. The Morgan fingerprint density at radius 2 is 2.33 bits per heavy atom. The van der Waals surface area contributed by atoms with E-state index in [0.717, 1.165) is 16.0 Å². The van der Waals surface area contributed by atoms with Gasteiger partial charge in [-0.15, -0.1) is 0 Å². The van der Waals surface area contributed by atoms with Gasteiger partial charge in [-0.1, -0.05) is 11.3 Å². The summed E-state index contributed by atoms with van der Waals surface area (Å²) in [4.78, 5) is 10.5. The smallest absolute Gasteiger partial charge is 0.396 e. The van der Waals surface area contributed by atoms with Gasteiger partial charge < -0.3 is 9.15 Å². The van der Waals surface area contributed by atoms with E-state index in [0.29, 0.717) is 11.3 Å². The predicted octanol–water partition coefficient (Wildman–Crippen LogP) is 1.86. The van der Waals surface area contributed by atoms with Crippen molar-refractivity contribution in [2.24, 2.45) is 0 Å². The molecule has 0 atom stereocenters. The molecule has 0 amide bonds. The molecule has 0 N–H and O–H groups in total. The second-order valence-corrected chi connectivity index (χ2v) is 3.24. The highest BCUT2D eigenvalue weighted by Gasteiger charge is 2.01. The fraction of sp³-hybridized carbons (Fsp3) is 0.125. The van der Waals surface area contributed by atoms with Crippen LogP contribution in [0.1, 0.15) is 0 Å². The van der Waals surface area contributed by atoms with Crippen molar-refractivity contribution in [3.8, 4) is 5.75 Å². The van der Waals surface area contributed by atoms with E-state index >= 15 is 0 Å². The Morgan fingerprint density at radius 3 is 3.08 bits per heavy atom. The van der Waals surface area contributed by atoms with E-state index in [1.54, 1.807) is 19.2 Å². The molecule has 0 aliphatic carbocycles. The Hall–Kier alpha value is -1.29. The van der Waals surface area contributed by atoms with E-state index in [-0.39, 0.29) is 4.94 Å². The van der Waals surface area contributed by atoms with Crippen LogP contribution in [-0.2, 0) is 0 Å². The van der Waals surface area contributed by atoms with Crippen LogP contribution in [0.15, 0.2) is 27.4 Å². The zero-order valence-electron chi connectivity index (χ0n) is 6.37. The van der Waals surface area contributed by atoms with Crippen LogP contribution in [-0.4, -0.2) is 7.11 Å². The van der Waals surface area contributed by atoms with Gasteiger partial charge in [0.2, 0.25) is 0 Å². The molecule has 0 aliphatic rings. The molecule has 62 valence electrons. The Bertz CT molecular complexity index is 455. The quantitative estimate of drug-likeness (QED) is 0.675. The predicted molar refractivity (Wildman–Crippen MR) is 46.9 cm³/mol. The molecule has 12 heavy (non-hydrogen) atoms. The first-order valence-electron chi connectivity index (χ1n) is 3.37. The van der Waals surface area contributed by atoms with E-state index in [2.05, 4.69) is 0 Å². The SMILES string of the molecule is COc1ccc2sc(=O)oc2c1. The van der Waals surface area contributed by atoms with Gasteiger partial charge in [-0.2, -0.15) is 0 Å². The molecule has 0 aliphatic heterocycles. The van der Waals surface area contributed by atoms with Crippen LogP contribution >= 0.6 is 11.3 Å². The average Bonchev–Trinajstić information content (AvgIpc) is 2.43. The first kappa shape index (κ1) is 7.36. The highest BCUT2D eigenvalue weighted by molar-refractivity contribution is 7.16. The van der Waals surface area contributed by atoms with Gasteiger partial charge in [0.1, 0.15) is 5.75 Å². The van der Waals surface area contributed by atoms with E-state index in [4.69, 9.17) is 9.15 Å². The molecule has 3 nitrogen and oxygen atoms in total. The lowest BCUT2D eigenvalue weighted by atomic mass is 10.3. The lowest BCUT2D eigenvalue weighted by molar-refractivity contribution is 0.414. The third kappa shape index (κ3) is 1.10. The Kier molecular flexibility index (Phi) is 1.62. The number of fused-ring (bicyclic) bond motifs is 1. The van der Waals surface area contributed by atoms with Gasteiger partial charge in [0, 0.05) is 6.07 Å². The monoisotopic (exact) mass is 182 g/mol. The van der Waals surface area contributed by atoms with Crippen molar-refractivity contribution in [1.29, 1.82) is 0 Å². The average molecular weight is 182 g/mol. The summed E-state index contributed by atoms with van der Waals surface area (Å²) in [5.41, 5.74) is 0.587. The lowest BCUT2D eigenvalue weighted by Crippen LogP contribution is -1.81. The summed E-state index contributed by atoms with van der Waals surface area (Å²) in [6.07, 6.45) is 0. The molecule has 0 saturated carbocycles. The van der Waals surface area contributed by atoms with Crippen molar-refractivity contribution in [3.63, 3.8) is 0 Å². The Labute approximate surface area is 72.2 Å². The minimum atomic E-state index is -0.279. The molecule has 1 aromatic heterocycles. The zero-order chi connectivity index (χ0) is 8.55. The maximum Gasteiger partial charge on any atom is 0.396 e. The molecule has 0 spiro atoms. The van der Waals surface area contributed by atoms with E-state index in [9.17, 15) is 4.79 Å². The molecule has 0 bridgehead atoms. The van der Waals surface area contributed by atoms with Gasteiger partial charge in [-0.25, -0.2) is 4.79 Å². The summed E-state index contributed by atoms with van der Waals surface area (Å²) >= 11 is 1.09. The van der Waals surface area contributed by atoms with Crippen molar-refractivity contribution in [1.82, 2.24) is 0 Å². The van der Waals surface area contributed by atoms with Crippen molar-refractivity contribution in [2.45, 2.75) is 0 Å². The summed E-state index contributed by atoms with van der Waals surface area (Å²) in [7, 11) is 1.58. The van der Waals surface area contributed by atoms with Gasteiger partial charge in [-0.3, -0.25) is 0 Å². The number of ether oxygens (including phenoxy) is 1. The van der Waals surface area contributed by atoms with Crippen molar-refractivity contribution in [3.05, 3.63) is 27.9 Å². The van der Waals surface area contributed by atoms with Crippen molar-refractivity contribution < 1.29 is 9.15 Å². The minimum Gasteiger partial charge on any atom is -0.497 e. The maximum atomic E-state index is 10.8. The van der Waals surface area contributed by atoms with Crippen molar-refractivity contribution in [2.75, 3.05) is 7.11 Å². The molecule has 0 saturated heterocycles. The third-order valence-electron chi connectivity index (χ3n) is 1.54. The topological polar surface area (TPSA) is 39.4 Å². The maximum absolute atomic E-state index is 10.8. The van der Waals surface area contributed by atoms with Gasteiger partial charge >= 0.3 is 4.94 Å². The molecule has 0 radical (unpaired) electrons. The number of hydrogen-bond acceptors (Lipinski definition) is 4. The molecule has 2 aromatic rings. The van der Waals surface area contributed by atoms with Crippen LogP contribution in [0.25, 0.3) is 10.3 Å². The largest absolute Gasteiger partial charge is 0.497 e. The lowest BCUT2D eigenvalue weighted by Gasteiger charge is -1.95. The van der Waals surface area contributed by atoms with Gasteiger partial charge in [0.05, 0.1) is 11.8 Å². The standard InChI is InChI=1S/C8H6O3S/c1-10-5-2-3-7-6(4-5)11-8(9)12-7/h2-4H,1H3. The summed E-state index contributed by atoms with van der Waals surface area (Å²) < 4.78 is 10.7. The second kappa shape index (κ2) is 2.64. The molecule has 2 rings (SSSR count). The fourth-order valence-corrected chi connectivity index (χ4v) is 1.63. The molecule has 1 heterocycles. The van der Waals surface area contributed by atoms with E-state index < -0.39 is 0 Å². The first-order valence-corrected chi connectivity index (χ1v) is 4.19. The number of hydrogen-bond donors (Lipinski definition) is 0. The molecule has 1 aromatic carbocycles. The fourth-order valence-electron chi connectivity index (χ4n) is 0.980. The molecule has 0 unspecified atom stereocenters. The van der Waals surface area contributed by atoms with Crippen molar-refractivity contribution >= 4 is 21.6 Å². The van der Waals surface area contributed by atoms with Crippen LogP contribution < -0.4 is 9.68 Å². The minimum absolute atomic E-state index is 0.279. The molecular weight excluding hydrogens is 176 g/mol. The van der Waals surface area contributed by atoms with Gasteiger partial charge in [-0.05, 0) is 12.1 Å². The Balaban J connectivity index is 2.74. The van der Waals surface area contributed by atoms with E-state index in [1.165, 1.54) is 0 Å². The highest BCUT2D eigenvalue weighted by Crippen LogP contribution is 2.21. The molecule has 4 heteroatoms. The molecule has 0 fully saturated rings. The zero-order valence-corrected chi connectivity index (χ0v) is 7.18. The number of rotatable bonds is 1.